The molecular formula is C16H12BrN3O3. The molecule has 1 N–H and O–H groups in total. The molecule has 3 rings (SSSR count). The van der Waals surface area contributed by atoms with E-state index in [0.717, 1.165) is 15.6 Å². The Morgan fingerprint density at radius 2 is 2.00 bits per heavy atom. The molecule has 1 heterocycles. The Morgan fingerprint density at radius 3 is 2.78 bits per heavy atom. The fourth-order valence-electron chi connectivity index (χ4n) is 1.86. The van der Waals surface area contributed by atoms with Gasteiger partial charge in [-0.05, 0) is 28.9 Å². The zero-order valence-corrected chi connectivity index (χ0v) is 13.5. The number of ether oxygens (including phenoxy) is 1. The largest absolute Gasteiger partial charge is 0.444 e. The predicted molar refractivity (Wildman–Crippen MR) is 87.7 cm³/mol. The van der Waals surface area contributed by atoms with Gasteiger partial charge in [-0.15, -0.1) is 0 Å². The molecule has 1 aromatic heterocycles. The Balaban J connectivity index is 1.59. The minimum atomic E-state index is -0.643. The van der Waals surface area contributed by atoms with E-state index in [2.05, 4.69) is 31.4 Å². The summed E-state index contributed by atoms with van der Waals surface area (Å²) in [7, 11) is 0. The molecule has 0 aliphatic rings. The monoisotopic (exact) mass is 373 g/mol. The Labute approximate surface area is 140 Å². The van der Waals surface area contributed by atoms with Gasteiger partial charge in [-0.1, -0.05) is 52.3 Å². The molecule has 23 heavy (non-hydrogen) atoms. The van der Waals surface area contributed by atoms with Gasteiger partial charge in [-0.2, -0.15) is 4.98 Å². The van der Waals surface area contributed by atoms with Crippen LogP contribution in [0, 0.1) is 0 Å². The van der Waals surface area contributed by atoms with Crippen molar-refractivity contribution in [3.8, 4) is 11.5 Å². The molecule has 0 aliphatic heterocycles. The standard InChI is InChI=1S/C16H12BrN3O3/c17-13-8-4-7-12(9-13)14-18-15(20-23-14)19-16(21)22-10-11-5-2-1-3-6-11/h1-9H,10H2,(H,19,20,21). The van der Waals surface area contributed by atoms with Crippen LogP contribution in [0.4, 0.5) is 10.7 Å². The average molecular weight is 374 g/mol. The molecule has 7 heteroatoms. The number of anilines is 1. The van der Waals surface area contributed by atoms with Gasteiger partial charge in [-0.3, -0.25) is 5.32 Å². The molecule has 0 fully saturated rings. The van der Waals surface area contributed by atoms with Crippen LogP contribution in [0.15, 0.2) is 63.6 Å². The molecule has 3 aromatic rings. The van der Waals surface area contributed by atoms with E-state index in [4.69, 9.17) is 9.26 Å². The van der Waals surface area contributed by atoms with E-state index in [1.165, 1.54) is 0 Å². The first-order valence-corrected chi connectivity index (χ1v) is 7.57. The van der Waals surface area contributed by atoms with Crippen molar-refractivity contribution in [2.24, 2.45) is 0 Å². The lowest BCUT2D eigenvalue weighted by molar-refractivity contribution is 0.155. The second-order valence-corrected chi connectivity index (χ2v) is 5.54. The first-order valence-electron chi connectivity index (χ1n) is 6.78. The molecule has 0 aliphatic carbocycles. The Kier molecular flexibility index (Phi) is 4.68. The Hall–Kier alpha value is -2.67. The molecule has 0 saturated carbocycles. The van der Waals surface area contributed by atoms with Gasteiger partial charge in [0.05, 0.1) is 0 Å². The summed E-state index contributed by atoms with van der Waals surface area (Å²) in [5, 5.41) is 6.13. The maximum atomic E-state index is 11.7. The molecule has 2 aromatic carbocycles. The zero-order chi connectivity index (χ0) is 16.1. The number of halogens is 1. The van der Waals surface area contributed by atoms with Gasteiger partial charge < -0.3 is 9.26 Å². The third-order valence-electron chi connectivity index (χ3n) is 2.92. The number of hydrogen-bond acceptors (Lipinski definition) is 5. The quantitative estimate of drug-likeness (QED) is 0.739. The first-order chi connectivity index (χ1) is 11.2. The van der Waals surface area contributed by atoms with Gasteiger partial charge in [0.15, 0.2) is 0 Å². The lowest BCUT2D eigenvalue weighted by Gasteiger charge is -2.03. The summed E-state index contributed by atoms with van der Waals surface area (Å²) in [4.78, 5) is 15.8. The SMILES string of the molecule is O=C(Nc1noc(-c2cccc(Br)c2)n1)OCc1ccccc1. The van der Waals surface area contributed by atoms with Gasteiger partial charge in [0.1, 0.15) is 6.61 Å². The minimum Gasteiger partial charge on any atom is -0.444 e. The molecule has 0 atom stereocenters. The van der Waals surface area contributed by atoms with Crippen molar-refractivity contribution < 1.29 is 14.1 Å². The normalized spacial score (nSPS) is 10.3. The molecule has 0 bridgehead atoms. The van der Waals surface area contributed by atoms with Crippen LogP contribution < -0.4 is 5.32 Å². The number of amides is 1. The van der Waals surface area contributed by atoms with Crippen molar-refractivity contribution in [2.75, 3.05) is 5.32 Å². The van der Waals surface area contributed by atoms with E-state index in [0.29, 0.717) is 5.89 Å². The van der Waals surface area contributed by atoms with Crippen molar-refractivity contribution >= 4 is 28.0 Å². The molecule has 0 radical (unpaired) electrons. The Bertz CT molecular complexity index is 805. The summed E-state index contributed by atoms with van der Waals surface area (Å²) in [5.41, 5.74) is 1.64. The van der Waals surface area contributed by atoms with Crippen LogP contribution in [0.5, 0.6) is 0 Å². The number of nitrogens with one attached hydrogen (secondary N) is 1. The Morgan fingerprint density at radius 1 is 1.17 bits per heavy atom. The zero-order valence-electron chi connectivity index (χ0n) is 11.9. The van der Waals surface area contributed by atoms with Gasteiger partial charge in [-0.25, -0.2) is 4.79 Å². The summed E-state index contributed by atoms with van der Waals surface area (Å²) in [5.74, 6) is 0.364. The fourth-order valence-corrected chi connectivity index (χ4v) is 2.26. The third-order valence-corrected chi connectivity index (χ3v) is 3.42. The van der Waals surface area contributed by atoms with Crippen molar-refractivity contribution in [1.29, 1.82) is 0 Å². The minimum absolute atomic E-state index is 0.0537. The van der Waals surface area contributed by atoms with E-state index in [9.17, 15) is 4.79 Å². The van der Waals surface area contributed by atoms with Crippen LogP contribution in [0.2, 0.25) is 0 Å². The molecule has 0 saturated heterocycles. The van der Waals surface area contributed by atoms with Crippen LogP contribution in [0.1, 0.15) is 5.56 Å². The second kappa shape index (κ2) is 7.06. The molecule has 116 valence electrons. The van der Waals surface area contributed by atoms with Crippen LogP contribution in [-0.4, -0.2) is 16.2 Å². The van der Waals surface area contributed by atoms with E-state index in [-0.39, 0.29) is 12.6 Å². The van der Waals surface area contributed by atoms with Crippen LogP contribution in [0.25, 0.3) is 11.5 Å². The molecule has 6 nitrogen and oxygen atoms in total. The maximum Gasteiger partial charge on any atom is 0.414 e. The van der Waals surface area contributed by atoms with Crippen molar-refractivity contribution in [3.63, 3.8) is 0 Å². The number of nitrogens with zero attached hydrogens (tertiary/aromatic N) is 2. The highest BCUT2D eigenvalue weighted by molar-refractivity contribution is 9.10. The number of benzene rings is 2. The second-order valence-electron chi connectivity index (χ2n) is 4.62. The highest BCUT2D eigenvalue weighted by Gasteiger charge is 2.12. The van der Waals surface area contributed by atoms with Gasteiger partial charge in [0, 0.05) is 10.0 Å². The summed E-state index contributed by atoms with van der Waals surface area (Å²) in [6.45, 7) is 0.170. The smallest absolute Gasteiger partial charge is 0.414 e. The van der Waals surface area contributed by atoms with Crippen molar-refractivity contribution in [2.45, 2.75) is 6.61 Å². The van der Waals surface area contributed by atoms with E-state index < -0.39 is 6.09 Å². The molecule has 1 amide bonds. The van der Waals surface area contributed by atoms with Crippen molar-refractivity contribution in [1.82, 2.24) is 10.1 Å². The van der Waals surface area contributed by atoms with Gasteiger partial charge >= 0.3 is 6.09 Å². The maximum absolute atomic E-state index is 11.7. The summed E-state index contributed by atoms with van der Waals surface area (Å²) in [6.07, 6.45) is -0.643. The topological polar surface area (TPSA) is 77.3 Å². The van der Waals surface area contributed by atoms with Crippen molar-refractivity contribution in [3.05, 3.63) is 64.6 Å². The first kappa shape index (κ1) is 15.2. The van der Waals surface area contributed by atoms with Gasteiger partial charge in [0.25, 0.3) is 11.8 Å². The van der Waals surface area contributed by atoms with E-state index in [1.807, 2.05) is 54.6 Å². The lowest BCUT2D eigenvalue weighted by Crippen LogP contribution is -2.14. The van der Waals surface area contributed by atoms with E-state index in [1.54, 1.807) is 0 Å². The summed E-state index contributed by atoms with van der Waals surface area (Å²) in [6, 6.07) is 16.8. The molecule has 0 unspecified atom stereocenters. The van der Waals surface area contributed by atoms with Gasteiger partial charge in [0.2, 0.25) is 0 Å². The summed E-state index contributed by atoms with van der Waals surface area (Å²) >= 11 is 3.37. The molecule has 0 spiro atoms. The third kappa shape index (κ3) is 4.17. The fraction of sp³-hybridized carbons (Fsp3) is 0.0625. The number of rotatable bonds is 4. The van der Waals surface area contributed by atoms with Crippen LogP contribution in [0.3, 0.4) is 0 Å². The molecular weight excluding hydrogens is 362 g/mol. The number of aromatic nitrogens is 2. The lowest BCUT2D eigenvalue weighted by atomic mass is 10.2. The summed E-state index contributed by atoms with van der Waals surface area (Å²) < 4.78 is 11.1. The van der Waals surface area contributed by atoms with Crippen LogP contribution >= 0.6 is 15.9 Å². The number of carbonyl (C=O) groups is 1. The highest BCUT2D eigenvalue weighted by atomic mass is 79.9. The number of hydrogen-bond donors (Lipinski definition) is 1. The highest BCUT2D eigenvalue weighted by Crippen LogP contribution is 2.22. The predicted octanol–water partition coefficient (Wildman–Crippen LogP) is 4.25. The average Bonchev–Trinajstić information content (AvgIpc) is 3.02. The van der Waals surface area contributed by atoms with Crippen LogP contribution in [-0.2, 0) is 11.3 Å². The van der Waals surface area contributed by atoms with E-state index >= 15 is 0 Å². The number of carbonyl (C=O) groups excluding carboxylic acids is 1.